The van der Waals surface area contributed by atoms with E-state index < -0.39 is 0 Å². The molecule has 18 heavy (non-hydrogen) atoms. The van der Waals surface area contributed by atoms with Crippen LogP contribution in [0.3, 0.4) is 0 Å². The first kappa shape index (κ1) is 14.1. The molecule has 1 aliphatic rings. The molecule has 1 aliphatic carbocycles. The topological polar surface area (TPSA) is 43.8 Å². The molecule has 4 heteroatoms. The van der Waals surface area contributed by atoms with Crippen molar-refractivity contribution in [2.45, 2.75) is 45.6 Å². The van der Waals surface area contributed by atoms with Crippen LogP contribution in [-0.4, -0.2) is 9.78 Å². The molecule has 1 fully saturated rings. The third kappa shape index (κ3) is 2.80. The zero-order chi connectivity index (χ0) is 13.3. The van der Waals surface area contributed by atoms with Gasteiger partial charge in [0.2, 0.25) is 0 Å². The summed E-state index contributed by atoms with van der Waals surface area (Å²) in [6, 6.07) is 0.111. The average Bonchev–Trinajstić information content (AvgIpc) is 2.68. The van der Waals surface area contributed by atoms with E-state index >= 15 is 0 Å². The Kier molecular flexibility index (Phi) is 4.49. The fraction of sp³-hybridized carbons (Fsp3) is 0.786. The van der Waals surface area contributed by atoms with Gasteiger partial charge < -0.3 is 5.73 Å². The Hall–Kier alpha value is -0.350. The van der Waals surface area contributed by atoms with Gasteiger partial charge in [0.05, 0.1) is 22.4 Å². The van der Waals surface area contributed by atoms with Crippen LogP contribution in [0.2, 0.25) is 0 Å². The zero-order valence-electron chi connectivity index (χ0n) is 11.6. The largest absolute Gasteiger partial charge is 0.322 e. The zero-order valence-corrected chi connectivity index (χ0v) is 13.2. The Morgan fingerprint density at radius 1 is 1.28 bits per heavy atom. The molecule has 0 saturated heterocycles. The predicted molar refractivity (Wildman–Crippen MR) is 78.1 cm³/mol. The van der Waals surface area contributed by atoms with Gasteiger partial charge in [0.25, 0.3) is 0 Å². The first-order valence-corrected chi connectivity index (χ1v) is 7.73. The van der Waals surface area contributed by atoms with Gasteiger partial charge in [-0.15, -0.1) is 0 Å². The van der Waals surface area contributed by atoms with E-state index in [1.54, 1.807) is 0 Å². The van der Waals surface area contributed by atoms with Crippen LogP contribution in [0.15, 0.2) is 10.7 Å². The van der Waals surface area contributed by atoms with Gasteiger partial charge in [-0.05, 0) is 59.4 Å². The second kappa shape index (κ2) is 5.74. The Labute approximate surface area is 118 Å². The maximum Gasteiger partial charge on any atom is 0.0692 e. The summed E-state index contributed by atoms with van der Waals surface area (Å²) in [7, 11) is 1.97. The highest BCUT2D eigenvalue weighted by atomic mass is 79.9. The summed E-state index contributed by atoms with van der Waals surface area (Å²) >= 11 is 3.56. The molecule has 1 aromatic rings. The van der Waals surface area contributed by atoms with Crippen LogP contribution in [0.1, 0.15) is 51.3 Å². The molecule has 0 bridgehead atoms. The summed E-state index contributed by atoms with van der Waals surface area (Å²) in [6.45, 7) is 4.67. The standard InChI is InChI=1S/C14H24BrN3/c1-9(2)10-4-6-11(7-5-10)13(16)14-12(15)8-17-18(14)3/h8-11,13H,4-7,16H2,1-3H3. The van der Waals surface area contributed by atoms with Crippen molar-refractivity contribution in [1.82, 2.24) is 9.78 Å². The third-order valence-corrected chi connectivity index (χ3v) is 5.13. The van der Waals surface area contributed by atoms with Crippen molar-refractivity contribution < 1.29 is 0 Å². The molecule has 1 aromatic heterocycles. The molecule has 0 amide bonds. The van der Waals surface area contributed by atoms with Gasteiger partial charge in [-0.3, -0.25) is 4.68 Å². The maximum atomic E-state index is 6.45. The molecular weight excluding hydrogens is 290 g/mol. The van der Waals surface area contributed by atoms with E-state index in [1.807, 2.05) is 17.9 Å². The van der Waals surface area contributed by atoms with Crippen LogP contribution in [0.5, 0.6) is 0 Å². The van der Waals surface area contributed by atoms with Gasteiger partial charge in [0.15, 0.2) is 0 Å². The van der Waals surface area contributed by atoms with Crippen molar-refractivity contribution in [3.63, 3.8) is 0 Å². The number of aromatic nitrogens is 2. The van der Waals surface area contributed by atoms with Gasteiger partial charge >= 0.3 is 0 Å². The van der Waals surface area contributed by atoms with Crippen molar-refractivity contribution in [3.8, 4) is 0 Å². The van der Waals surface area contributed by atoms with E-state index in [0.29, 0.717) is 5.92 Å². The molecule has 1 atom stereocenters. The van der Waals surface area contributed by atoms with Crippen LogP contribution in [0.25, 0.3) is 0 Å². The number of hydrogen-bond donors (Lipinski definition) is 1. The first-order valence-electron chi connectivity index (χ1n) is 6.93. The monoisotopic (exact) mass is 313 g/mol. The lowest BCUT2D eigenvalue weighted by atomic mass is 9.74. The van der Waals surface area contributed by atoms with Crippen molar-refractivity contribution >= 4 is 15.9 Å². The highest BCUT2D eigenvalue weighted by Gasteiger charge is 2.29. The molecule has 0 aliphatic heterocycles. The van der Waals surface area contributed by atoms with Crippen LogP contribution in [0, 0.1) is 17.8 Å². The van der Waals surface area contributed by atoms with Crippen molar-refractivity contribution in [3.05, 3.63) is 16.4 Å². The quantitative estimate of drug-likeness (QED) is 0.925. The second-order valence-corrected chi connectivity index (χ2v) is 6.80. The van der Waals surface area contributed by atoms with Gasteiger partial charge in [0.1, 0.15) is 0 Å². The highest BCUT2D eigenvalue weighted by Crippen LogP contribution is 2.39. The maximum absolute atomic E-state index is 6.45. The van der Waals surface area contributed by atoms with E-state index in [0.717, 1.165) is 22.0 Å². The number of nitrogens with zero attached hydrogens (tertiary/aromatic N) is 2. The smallest absolute Gasteiger partial charge is 0.0692 e. The molecule has 1 unspecified atom stereocenters. The lowest BCUT2D eigenvalue weighted by Gasteiger charge is -2.34. The molecule has 0 aromatic carbocycles. The van der Waals surface area contributed by atoms with Crippen LogP contribution in [-0.2, 0) is 7.05 Å². The third-order valence-electron chi connectivity index (χ3n) is 4.52. The summed E-state index contributed by atoms with van der Waals surface area (Å²) < 4.78 is 2.95. The van der Waals surface area contributed by atoms with E-state index in [9.17, 15) is 0 Å². The molecule has 0 radical (unpaired) electrons. The minimum absolute atomic E-state index is 0.111. The van der Waals surface area contributed by atoms with Crippen molar-refractivity contribution in [2.24, 2.45) is 30.5 Å². The van der Waals surface area contributed by atoms with Gasteiger partial charge in [-0.25, -0.2) is 0 Å². The minimum Gasteiger partial charge on any atom is -0.322 e. The van der Waals surface area contributed by atoms with Crippen molar-refractivity contribution in [1.29, 1.82) is 0 Å². The Balaban J connectivity index is 2.02. The lowest BCUT2D eigenvalue weighted by Crippen LogP contribution is -2.29. The molecular formula is C14H24BrN3. The van der Waals surface area contributed by atoms with E-state index in [-0.39, 0.29) is 6.04 Å². The van der Waals surface area contributed by atoms with Gasteiger partial charge in [0, 0.05) is 7.05 Å². The highest BCUT2D eigenvalue weighted by molar-refractivity contribution is 9.10. The number of rotatable bonds is 3. The SMILES string of the molecule is CC(C)C1CCC(C(N)c2c(Br)cnn2C)CC1. The predicted octanol–water partition coefficient (Wildman–Crippen LogP) is 3.64. The Morgan fingerprint density at radius 2 is 1.83 bits per heavy atom. The number of nitrogens with two attached hydrogens (primary N) is 1. The average molecular weight is 314 g/mol. The van der Waals surface area contributed by atoms with Crippen LogP contribution >= 0.6 is 15.9 Å². The summed E-state index contributed by atoms with van der Waals surface area (Å²) in [4.78, 5) is 0. The molecule has 2 rings (SSSR count). The van der Waals surface area contributed by atoms with Gasteiger partial charge in [-0.2, -0.15) is 5.10 Å². The van der Waals surface area contributed by atoms with Crippen LogP contribution in [0.4, 0.5) is 0 Å². The summed E-state index contributed by atoms with van der Waals surface area (Å²) in [6.07, 6.45) is 7.00. The molecule has 102 valence electrons. The Bertz CT molecular complexity index is 372. The second-order valence-electron chi connectivity index (χ2n) is 5.95. The van der Waals surface area contributed by atoms with E-state index in [2.05, 4.69) is 34.9 Å². The number of hydrogen-bond acceptors (Lipinski definition) is 2. The summed E-state index contributed by atoms with van der Waals surface area (Å²) in [5.41, 5.74) is 7.59. The number of halogens is 1. The fourth-order valence-corrected chi connectivity index (χ4v) is 3.80. The Morgan fingerprint density at radius 3 is 2.28 bits per heavy atom. The molecule has 0 spiro atoms. The normalized spacial score (nSPS) is 26.6. The number of aryl methyl sites for hydroxylation is 1. The molecule has 3 nitrogen and oxygen atoms in total. The fourth-order valence-electron chi connectivity index (χ4n) is 3.19. The van der Waals surface area contributed by atoms with E-state index in [4.69, 9.17) is 5.73 Å². The summed E-state index contributed by atoms with van der Waals surface area (Å²) in [5.74, 6) is 2.31. The lowest BCUT2D eigenvalue weighted by molar-refractivity contribution is 0.200. The van der Waals surface area contributed by atoms with Crippen molar-refractivity contribution in [2.75, 3.05) is 0 Å². The van der Waals surface area contributed by atoms with Crippen LogP contribution < -0.4 is 5.73 Å². The molecule has 1 heterocycles. The first-order chi connectivity index (χ1) is 8.50. The molecule has 2 N–H and O–H groups in total. The van der Waals surface area contributed by atoms with Gasteiger partial charge in [-0.1, -0.05) is 13.8 Å². The molecule has 1 saturated carbocycles. The minimum atomic E-state index is 0.111. The van der Waals surface area contributed by atoms with E-state index in [1.165, 1.54) is 25.7 Å². The summed E-state index contributed by atoms with van der Waals surface area (Å²) in [5, 5.41) is 4.27.